The summed E-state index contributed by atoms with van der Waals surface area (Å²) in [7, 11) is 0. The summed E-state index contributed by atoms with van der Waals surface area (Å²) in [5, 5.41) is 20.8. The maximum absolute atomic E-state index is 10.6. The molecule has 1 aliphatic heterocycles. The first-order valence-corrected chi connectivity index (χ1v) is 7.22. The Bertz CT molecular complexity index is 367. The molecular formula is C15H26O3. The van der Waals surface area contributed by atoms with Gasteiger partial charge in [0.15, 0.2) is 6.29 Å². The molecule has 3 fully saturated rings. The van der Waals surface area contributed by atoms with E-state index in [-0.39, 0.29) is 28.3 Å². The van der Waals surface area contributed by atoms with Gasteiger partial charge in [0.05, 0.1) is 12.7 Å². The molecule has 2 N–H and O–H groups in total. The topological polar surface area (TPSA) is 49.7 Å². The van der Waals surface area contributed by atoms with Gasteiger partial charge in [-0.05, 0) is 36.0 Å². The van der Waals surface area contributed by atoms with Gasteiger partial charge in [-0.25, -0.2) is 0 Å². The van der Waals surface area contributed by atoms with Crippen molar-refractivity contribution in [3.8, 4) is 0 Å². The fourth-order valence-corrected chi connectivity index (χ4v) is 5.52. The molecule has 18 heavy (non-hydrogen) atoms. The third kappa shape index (κ3) is 1.21. The average Bonchev–Trinajstić information content (AvgIpc) is 2.75. The third-order valence-electron chi connectivity index (χ3n) is 7.02. The first kappa shape index (κ1) is 12.9. The molecule has 3 aliphatic rings. The number of rotatable bonds is 0. The molecule has 1 unspecified atom stereocenters. The van der Waals surface area contributed by atoms with Gasteiger partial charge in [0, 0.05) is 11.3 Å². The Hall–Kier alpha value is -0.120. The minimum Gasteiger partial charge on any atom is -0.393 e. The number of ether oxygens (including phenoxy) is 1. The number of hydrogen-bond acceptors (Lipinski definition) is 3. The summed E-state index contributed by atoms with van der Waals surface area (Å²) < 4.78 is 5.48. The van der Waals surface area contributed by atoms with Gasteiger partial charge in [-0.15, -0.1) is 0 Å². The van der Waals surface area contributed by atoms with Crippen molar-refractivity contribution >= 4 is 0 Å². The van der Waals surface area contributed by atoms with Gasteiger partial charge >= 0.3 is 0 Å². The van der Waals surface area contributed by atoms with E-state index in [0.717, 1.165) is 19.3 Å². The van der Waals surface area contributed by atoms with Crippen LogP contribution in [0.15, 0.2) is 0 Å². The SMILES string of the molecule is CC1(C)CC[C@@H](O)[C@]2(C)C[C@H]3COC(O)[C@H]3[C@]12C. The lowest BCUT2D eigenvalue weighted by atomic mass is 9.45. The van der Waals surface area contributed by atoms with Crippen LogP contribution in [-0.4, -0.2) is 29.2 Å². The lowest BCUT2D eigenvalue weighted by molar-refractivity contribution is -0.203. The standard InChI is InChI=1S/C15H26O3/c1-13(2)6-5-10(16)14(3)7-9-8-18-12(17)11(9)15(13,14)4/h9-12,16-17H,5-8H2,1-4H3/t9-,10+,11-,12?,14-,15+/m0/s1. The second-order valence-electron chi connectivity index (χ2n) is 7.77. The molecule has 0 amide bonds. The van der Waals surface area contributed by atoms with E-state index in [9.17, 15) is 10.2 Å². The van der Waals surface area contributed by atoms with Crippen LogP contribution >= 0.6 is 0 Å². The molecule has 104 valence electrons. The molecule has 1 saturated heterocycles. The van der Waals surface area contributed by atoms with Crippen LogP contribution in [0, 0.1) is 28.1 Å². The molecule has 0 radical (unpaired) electrons. The first-order valence-electron chi connectivity index (χ1n) is 7.22. The van der Waals surface area contributed by atoms with Crippen LogP contribution in [0.1, 0.15) is 47.0 Å². The van der Waals surface area contributed by atoms with Crippen LogP contribution in [0.3, 0.4) is 0 Å². The van der Waals surface area contributed by atoms with Crippen molar-refractivity contribution in [1.29, 1.82) is 0 Å². The van der Waals surface area contributed by atoms with E-state index in [1.54, 1.807) is 0 Å². The summed E-state index contributed by atoms with van der Waals surface area (Å²) in [6.07, 6.45) is 2.00. The lowest BCUT2D eigenvalue weighted by Gasteiger charge is -2.60. The summed E-state index contributed by atoms with van der Waals surface area (Å²) in [5.74, 6) is 0.578. The second-order valence-corrected chi connectivity index (χ2v) is 7.77. The van der Waals surface area contributed by atoms with Crippen molar-refractivity contribution in [2.45, 2.75) is 59.4 Å². The zero-order chi connectivity index (χ0) is 13.3. The molecule has 2 saturated carbocycles. The van der Waals surface area contributed by atoms with Gasteiger partial charge in [-0.2, -0.15) is 0 Å². The third-order valence-corrected chi connectivity index (χ3v) is 7.02. The fraction of sp³-hybridized carbons (Fsp3) is 1.00. The van der Waals surface area contributed by atoms with Crippen molar-refractivity contribution in [2.24, 2.45) is 28.1 Å². The molecule has 0 bridgehead atoms. The maximum Gasteiger partial charge on any atom is 0.158 e. The Balaban J connectivity index is 2.12. The molecule has 0 spiro atoms. The molecule has 6 atom stereocenters. The van der Waals surface area contributed by atoms with Gasteiger partial charge < -0.3 is 14.9 Å². The predicted molar refractivity (Wildman–Crippen MR) is 68.8 cm³/mol. The Kier molecular flexibility index (Phi) is 2.51. The summed E-state index contributed by atoms with van der Waals surface area (Å²) >= 11 is 0. The normalized spacial score (nSPS) is 58.3. The number of fused-ring (bicyclic) bond motifs is 3. The molecular weight excluding hydrogens is 228 g/mol. The minimum absolute atomic E-state index is 0.0573. The van der Waals surface area contributed by atoms with Gasteiger partial charge in [0.25, 0.3) is 0 Å². The first-order chi connectivity index (χ1) is 8.24. The quantitative estimate of drug-likeness (QED) is 0.696. The van der Waals surface area contributed by atoms with E-state index in [2.05, 4.69) is 27.7 Å². The number of aliphatic hydroxyl groups excluding tert-OH is 2. The highest BCUT2D eigenvalue weighted by atomic mass is 16.6. The highest BCUT2D eigenvalue weighted by Crippen LogP contribution is 2.72. The molecule has 0 aromatic heterocycles. The highest BCUT2D eigenvalue weighted by molar-refractivity contribution is 5.18. The van der Waals surface area contributed by atoms with Gasteiger partial charge in [-0.1, -0.05) is 27.7 Å². The van der Waals surface area contributed by atoms with E-state index < -0.39 is 6.29 Å². The molecule has 0 aromatic rings. The van der Waals surface area contributed by atoms with Crippen LogP contribution in [0.25, 0.3) is 0 Å². The average molecular weight is 254 g/mol. The molecule has 2 aliphatic carbocycles. The second kappa shape index (κ2) is 3.50. The minimum atomic E-state index is -0.647. The Morgan fingerprint density at radius 1 is 1.11 bits per heavy atom. The van der Waals surface area contributed by atoms with Crippen molar-refractivity contribution < 1.29 is 14.9 Å². The summed E-state index contributed by atoms with van der Waals surface area (Å²) in [6, 6.07) is 0. The smallest absolute Gasteiger partial charge is 0.158 e. The van der Waals surface area contributed by atoms with Gasteiger partial charge in [0.2, 0.25) is 0 Å². The van der Waals surface area contributed by atoms with Crippen molar-refractivity contribution in [3.05, 3.63) is 0 Å². The Morgan fingerprint density at radius 2 is 1.78 bits per heavy atom. The number of hydrogen-bond donors (Lipinski definition) is 2. The monoisotopic (exact) mass is 254 g/mol. The summed E-state index contributed by atoms with van der Waals surface area (Å²) in [4.78, 5) is 0. The zero-order valence-electron chi connectivity index (χ0n) is 11.9. The molecule has 3 heteroatoms. The van der Waals surface area contributed by atoms with Gasteiger partial charge in [-0.3, -0.25) is 0 Å². The highest BCUT2D eigenvalue weighted by Gasteiger charge is 2.71. The zero-order valence-corrected chi connectivity index (χ0v) is 11.9. The van der Waals surface area contributed by atoms with Crippen LogP contribution in [-0.2, 0) is 4.74 Å². The van der Waals surface area contributed by atoms with Crippen LogP contribution < -0.4 is 0 Å². The van der Waals surface area contributed by atoms with E-state index in [1.165, 1.54) is 0 Å². The fourth-order valence-electron chi connectivity index (χ4n) is 5.52. The van der Waals surface area contributed by atoms with Crippen LogP contribution in [0.4, 0.5) is 0 Å². The molecule has 1 heterocycles. The van der Waals surface area contributed by atoms with Crippen LogP contribution in [0.5, 0.6) is 0 Å². The lowest BCUT2D eigenvalue weighted by Crippen LogP contribution is -2.58. The maximum atomic E-state index is 10.6. The molecule has 3 rings (SSSR count). The summed E-state index contributed by atoms with van der Waals surface area (Å²) in [5.41, 5.74) is -0.0117. The van der Waals surface area contributed by atoms with Crippen molar-refractivity contribution in [1.82, 2.24) is 0 Å². The molecule has 0 aromatic carbocycles. The summed E-state index contributed by atoms with van der Waals surface area (Å²) in [6.45, 7) is 9.75. The van der Waals surface area contributed by atoms with E-state index in [1.807, 2.05) is 0 Å². The van der Waals surface area contributed by atoms with Crippen LogP contribution in [0.2, 0.25) is 0 Å². The van der Waals surface area contributed by atoms with E-state index >= 15 is 0 Å². The van der Waals surface area contributed by atoms with Crippen molar-refractivity contribution in [3.63, 3.8) is 0 Å². The predicted octanol–water partition coefficient (Wildman–Crippen LogP) is 2.16. The Morgan fingerprint density at radius 3 is 2.44 bits per heavy atom. The van der Waals surface area contributed by atoms with Crippen molar-refractivity contribution in [2.75, 3.05) is 6.61 Å². The largest absolute Gasteiger partial charge is 0.393 e. The van der Waals surface area contributed by atoms with E-state index in [4.69, 9.17) is 4.74 Å². The van der Waals surface area contributed by atoms with Gasteiger partial charge in [0.1, 0.15) is 0 Å². The molecule has 3 nitrogen and oxygen atoms in total. The van der Waals surface area contributed by atoms with E-state index in [0.29, 0.717) is 12.5 Å². The number of aliphatic hydroxyl groups is 2. The Labute approximate surface area is 110 Å².